The highest BCUT2D eigenvalue weighted by Gasteiger charge is 2.33. The van der Waals surface area contributed by atoms with Gasteiger partial charge in [-0.15, -0.1) is 13.2 Å². The van der Waals surface area contributed by atoms with Gasteiger partial charge in [-0.25, -0.2) is 8.78 Å². The number of halogens is 5. The lowest BCUT2D eigenvalue weighted by Crippen LogP contribution is -2.18. The summed E-state index contributed by atoms with van der Waals surface area (Å²) >= 11 is 0. The van der Waals surface area contributed by atoms with E-state index in [1.165, 1.54) is 0 Å². The Morgan fingerprint density at radius 2 is 1.85 bits per heavy atom. The van der Waals surface area contributed by atoms with Crippen molar-refractivity contribution in [1.82, 2.24) is 0 Å². The number of hydrogen-bond acceptors (Lipinski definition) is 1. The highest BCUT2D eigenvalue weighted by atomic mass is 19.4. The molecule has 71 valence electrons. The van der Waals surface area contributed by atoms with Crippen molar-refractivity contribution >= 4 is 0 Å². The Morgan fingerprint density at radius 3 is 2.31 bits per heavy atom. The van der Waals surface area contributed by atoms with Crippen LogP contribution in [0.3, 0.4) is 0 Å². The van der Waals surface area contributed by atoms with Crippen molar-refractivity contribution in [1.29, 1.82) is 0 Å². The van der Waals surface area contributed by atoms with Gasteiger partial charge in [0.1, 0.15) is 0 Å². The molecule has 1 rings (SSSR count). The predicted octanol–water partition coefficient (Wildman–Crippen LogP) is 2.66. The summed E-state index contributed by atoms with van der Waals surface area (Å²) in [6.45, 7) is 0. The molecule has 0 N–H and O–H groups in total. The van der Waals surface area contributed by atoms with E-state index in [2.05, 4.69) is 4.74 Å². The molecule has 0 aliphatic carbocycles. The number of alkyl halides is 3. The minimum Gasteiger partial charge on any atom is -0.399 e. The first-order chi connectivity index (χ1) is 5.90. The largest absolute Gasteiger partial charge is 0.573 e. The monoisotopic (exact) mass is 197 g/mol. The molecular formula is C7H2F5O. The second-order valence-electron chi connectivity index (χ2n) is 2.02. The van der Waals surface area contributed by atoms with Crippen LogP contribution >= 0.6 is 0 Å². The summed E-state index contributed by atoms with van der Waals surface area (Å²) in [6.07, 6.45) is -5.11. The number of rotatable bonds is 1. The van der Waals surface area contributed by atoms with E-state index in [0.29, 0.717) is 6.07 Å². The van der Waals surface area contributed by atoms with Crippen LogP contribution in [0, 0.1) is 17.7 Å². The second-order valence-corrected chi connectivity index (χ2v) is 2.02. The van der Waals surface area contributed by atoms with Gasteiger partial charge in [0.15, 0.2) is 11.6 Å². The number of benzene rings is 1. The first kappa shape index (κ1) is 9.76. The summed E-state index contributed by atoms with van der Waals surface area (Å²) in [4.78, 5) is 0. The normalized spacial score (nSPS) is 11.5. The minimum absolute atomic E-state index is 0.615. The Bertz CT molecular complexity index is 286. The van der Waals surface area contributed by atoms with E-state index < -0.39 is 23.7 Å². The van der Waals surface area contributed by atoms with Crippen molar-refractivity contribution in [2.75, 3.05) is 0 Å². The molecule has 0 heterocycles. The fourth-order valence-electron chi connectivity index (χ4n) is 0.643. The van der Waals surface area contributed by atoms with E-state index in [0.717, 1.165) is 6.07 Å². The van der Waals surface area contributed by atoms with Gasteiger partial charge in [-0.3, -0.25) is 0 Å². The quantitative estimate of drug-likeness (QED) is 0.629. The third-order valence-corrected chi connectivity index (χ3v) is 1.07. The zero-order valence-electron chi connectivity index (χ0n) is 5.95. The van der Waals surface area contributed by atoms with Crippen LogP contribution in [0.2, 0.25) is 0 Å². The Balaban J connectivity index is 3.00. The van der Waals surface area contributed by atoms with Crippen molar-refractivity contribution in [2.24, 2.45) is 0 Å². The molecule has 13 heavy (non-hydrogen) atoms. The molecule has 0 fully saturated rings. The molecule has 0 amide bonds. The Labute approximate surface area is 69.7 Å². The van der Waals surface area contributed by atoms with Crippen LogP contribution in [0.15, 0.2) is 12.1 Å². The standard InChI is InChI=1S/C7H2F5O/c8-4-2-1-3-5(9)6(4)13-7(10,11)12/h1-2H. The van der Waals surface area contributed by atoms with Crippen LogP contribution in [0.4, 0.5) is 22.0 Å². The summed E-state index contributed by atoms with van der Waals surface area (Å²) in [5.74, 6) is -4.43. The van der Waals surface area contributed by atoms with Gasteiger partial charge in [0.05, 0.1) is 0 Å². The first-order valence-corrected chi connectivity index (χ1v) is 3.01. The zero-order chi connectivity index (χ0) is 10.1. The van der Waals surface area contributed by atoms with E-state index in [4.69, 9.17) is 0 Å². The Hall–Kier alpha value is -1.33. The van der Waals surface area contributed by atoms with Crippen LogP contribution < -0.4 is 4.74 Å². The van der Waals surface area contributed by atoms with E-state index in [1.54, 1.807) is 6.07 Å². The maximum Gasteiger partial charge on any atom is 0.573 e. The highest BCUT2D eigenvalue weighted by molar-refractivity contribution is 5.25. The average Bonchev–Trinajstić information content (AvgIpc) is 1.95. The molecule has 1 nitrogen and oxygen atoms in total. The molecule has 1 aromatic carbocycles. The third kappa shape index (κ3) is 2.57. The van der Waals surface area contributed by atoms with Crippen molar-refractivity contribution in [2.45, 2.75) is 6.36 Å². The van der Waals surface area contributed by atoms with E-state index in [-0.39, 0.29) is 0 Å². The molecule has 6 heteroatoms. The van der Waals surface area contributed by atoms with Crippen molar-refractivity contribution in [3.05, 3.63) is 29.8 Å². The molecule has 0 aromatic heterocycles. The SMILES string of the molecule is Fc1[c]ccc(F)c1OC(F)(F)F. The summed E-state index contributed by atoms with van der Waals surface area (Å²) < 4.78 is 62.6. The van der Waals surface area contributed by atoms with E-state index >= 15 is 0 Å². The summed E-state index contributed by atoms with van der Waals surface area (Å²) in [5.41, 5.74) is 0. The lowest BCUT2D eigenvalue weighted by molar-refractivity contribution is -0.276. The molecule has 0 atom stereocenters. The van der Waals surface area contributed by atoms with Crippen LogP contribution in [-0.4, -0.2) is 6.36 Å². The maximum absolute atomic E-state index is 12.5. The molecule has 0 saturated heterocycles. The third-order valence-electron chi connectivity index (χ3n) is 1.07. The lowest BCUT2D eigenvalue weighted by Gasteiger charge is -2.09. The predicted molar refractivity (Wildman–Crippen MR) is 31.9 cm³/mol. The summed E-state index contributed by atoms with van der Waals surface area (Å²) in [6, 6.07) is 3.16. The van der Waals surface area contributed by atoms with Crippen LogP contribution in [0.25, 0.3) is 0 Å². The van der Waals surface area contributed by atoms with Crippen molar-refractivity contribution in [3.8, 4) is 5.75 Å². The van der Waals surface area contributed by atoms with Crippen LogP contribution in [-0.2, 0) is 0 Å². The van der Waals surface area contributed by atoms with Gasteiger partial charge in [0.25, 0.3) is 0 Å². The molecular weight excluding hydrogens is 195 g/mol. The molecule has 0 spiro atoms. The van der Waals surface area contributed by atoms with Gasteiger partial charge in [-0.2, -0.15) is 0 Å². The topological polar surface area (TPSA) is 9.23 Å². The minimum atomic E-state index is -5.11. The number of ether oxygens (including phenoxy) is 1. The van der Waals surface area contributed by atoms with Crippen molar-refractivity contribution < 1.29 is 26.7 Å². The molecule has 0 saturated carbocycles. The first-order valence-electron chi connectivity index (χ1n) is 3.01. The molecule has 0 aliphatic rings. The Morgan fingerprint density at radius 1 is 1.23 bits per heavy atom. The molecule has 0 unspecified atom stereocenters. The zero-order valence-corrected chi connectivity index (χ0v) is 5.95. The molecule has 0 bridgehead atoms. The van der Waals surface area contributed by atoms with Gasteiger partial charge in [0.2, 0.25) is 5.75 Å². The van der Waals surface area contributed by atoms with Crippen molar-refractivity contribution in [3.63, 3.8) is 0 Å². The molecule has 1 radical (unpaired) electrons. The van der Waals surface area contributed by atoms with E-state index in [9.17, 15) is 22.0 Å². The van der Waals surface area contributed by atoms with E-state index in [1.807, 2.05) is 0 Å². The lowest BCUT2D eigenvalue weighted by atomic mass is 10.3. The van der Waals surface area contributed by atoms with Gasteiger partial charge < -0.3 is 4.74 Å². The van der Waals surface area contributed by atoms with Gasteiger partial charge >= 0.3 is 6.36 Å². The second kappa shape index (κ2) is 3.20. The maximum atomic E-state index is 12.5. The molecule has 0 aliphatic heterocycles. The van der Waals surface area contributed by atoms with Crippen LogP contribution in [0.5, 0.6) is 5.75 Å². The summed E-state index contributed by atoms with van der Waals surface area (Å²) in [7, 11) is 0. The fraction of sp³-hybridized carbons (Fsp3) is 0.143. The average molecular weight is 197 g/mol. The Kier molecular flexibility index (Phi) is 2.40. The van der Waals surface area contributed by atoms with Crippen LogP contribution in [0.1, 0.15) is 0 Å². The summed E-state index contributed by atoms with van der Waals surface area (Å²) in [5, 5.41) is 0. The molecule has 1 aromatic rings. The fourth-order valence-corrected chi connectivity index (χ4v) is 0.643. The van der Waals surface area contributed by atoms with Gasteiger partial charge in [0, 0.05) is 6.07 Å². The van der Waals surface area contributed by atoms with Gasteiger partial charge in [-0.1, -0.05) is 0 Å². The smallest absolute Gasteiger partial charge is 0.399 e. The number of hydrogen-bond donors (Lipinski definition) is 0. The van der Waals surface area contributed by atoms with Gasteiger partial charge in [-0.05, 0) is 12.1 Å². The highest BCUT2D eigenvalue weighted by Crippen LogP contribution is 2.27.